The molecule has 0 bridgehead atoms. The Labute approximate surface area is 222 Å². The van der Waals surface area contributed by atoms with Gasteiger partial charge in [0.25, 0.3) is 0 Å². The van der Waals surface area contributed by atoms with Crippen molar-refractivity contribution >= 4 is 17.5 Å². The van der Waals surface area contributed by atoms with E-state index in [1.54, 1.807) is 29.0 Å². The molecule has 1 saturated carbocycles. The predicted octanol–water partition coefficient (Wildman–Crippen LogP) is 3.91. The Balaban J connectivity index is 1.23. The fraction of sp³-hybridized carbons (Fsp3) is 0.385. The first-order chi connectivity index (χ1) is 18.7. The molecular formula is C26H29F3N8O2. The van der Waals surface area contributed by atoms with Gasteiger partial charge in [-0.3, -0.25) is 14.5 Å². The van der Waals surface area contributed by atoms with Crippen LogP contribution in [0.4, 0.5) is 24.7 Å². The Bertz CT molecular complexity index is 1410. The minimum atomic E-state index is -4.50. The number of ether oxygens (including phenoxy) is 1. The van der Waals surface area contributed by atoms with Gasteiger partial charge in [-0.15, -0.1) is 0 Å². The fourth-order valence-corrected chi connectivity index (χ4v) is 4.90. The second-order valence-electron chi connectivity index (χ2n) is 9.63. The number of aliphatic imine (C=N–C) groups is 1. The molecule has 0 amide bonds. The number of benzene rings is 1. The van der Waals surface area contributed by atoms with E-state index in [0.717, 1.165) is 44.7 Å². The third kappa shape index (κ3) is 6.14. The lowest BCUT2D eigenvalue weighted by Gasteiger charge is -2.31. The average Bonchev–Trinajstić information content (AvgIpc) is 2.91. The molecule has 0 unspecified atom stereocenters. The van der Waals surface area contributed by atoms with Crippen LogP contribution in [-0.2, 0) is 6.18 Å². The number of halogens is 3. The summed E-state index contributed by atoms with van der Waals surface area (Å²) in [4.78, 5) is 24.6. The fourth-order valence-electron chi connectivity index (χ4n) is 4.90. The van der Waals surface area contributed by atoms with Gasteiger partial charge in [0.05, 0.1) is 11.9 Å². The van der Waals surface area contributed by atoms with E-state index in [2.05, 4.69) is 25.6 Å². The molecule has 1 aliphatic heterocycles. The molecule has 1 fully saturated rings. The van der Waals surface area contributed by atoms with E-state index in [9.17, 15) is 18.0 Å². The Hall–Kier alpha value is -4.13. The number of nitrogens with zero attached hydrogens (tertiary/aromatic N) is 4. The van der Waals surface area contributed by atoms with Crippen LogP contribution in [0.1, 0.15) is 43.8 Å². The Kier molecular flexibility index (Phi) is 7.42. The summed E-state index contributed by atoms with van der Waals surface area (Å²) in [5.41, 5.74) is 11.1. The van der Waals surface area contributed by atoms with Gasteiger partial charge in [-0.05, 0) is 62.4 Å². The monoisotopic (exact) mass is 542 g/mol. The van der Waals surface area contributed by atoms with Crippen LogP contribution in [-0.4, -0.2) is 39.6 Å². The second-order valence-corrected chi connectivity index (χ2v) is 9.63. The topological polar surface area (TPSA) is 145 Å². The normalized spacial score (nSPS) is 18.3. The highest BCUT2D eigenvalue weighted by Crippen LogP contribution is 2.42. The summed E-state index contributed by atoms with van der Waals surface area (Å²) in [6.45, 7) is 1.41. The van der Waals surface area contributed by atoms with Gasteiger partial charge in [0.15, 0.2) is 23.3 Å². The predicted molar refractivity (Wildman–Crippen MR) is 141 cm³/mol. The summed E-state index contributed by atoms with van der Waals surface area (Å²) >= 11 is 0. The first kappa shape index (κ1) is 26.5. The molecule has 206 valence electrons. The highest BCUT2D eigenvalue weighted by Gasteiger charge is 2.32. The van der Waals surface area contributed by atoms with Crippen molar-refractivity contribution in [2.45, 2.75) is 50.4 Å². The molecule has 0 saturated heterocycles. The van der Waals surface area contributed by atoms with Crippen molar-refractivity contribution in [2.24, 2.45) is 16.5 Å². The minimum Gasteiger partial charge on any atom is -0.450 e. The van der Waals surface area contributed by atoms with Crippen LogP contribution in [0.15, 0.2) is 52.5 Å². The summed E-state index contributed by atoms with van der Waals surface area (Å²) in [6, 6.07) is 7.89. The highest BCUT2D eigenvalue weighted by atomic mass is 19.4. The first-order valence-electron chi connectivity index (χ1n) is 12.7. The molecule has 0 spiro atoms. The molecule has 1 aromatic carbocycles. The number of nitrogens with one attached hydrogen (secondary N) is 2. The molecule has 1 aliphatic carbocycles. The number of guanidine groups is 1. The number of pyridine rings is 1. The zero-order valence-corrected chi connectivity index (χ0v) is 21.0. The third-order valence-electron chi connectivity index (χ3n) is 6.91. The summed E-state index contributed by atoms with van der Waals surface area (Å²) in [6.07, 6.45) is 2.75. The number of rotatable bonds is 7. The molecule has 5 rings (SSSR count). The standard InChI is InChI=1S/C26H29F3N8O2/c27-26(28,29)22-9-3-16(13-34-22)15-2-8-20-19(12-15)35-23-21(39-20)14-37(25(38)36-23)18-6-4-17(5-7-18)32-10-1-11-33-24(30)31/h2-3,8-9,12-14,17-18,32H,1,4-7,10-11H2,(H4,30,31,33)(H,35,36,38). The Morgan fingerprint density at radius 2 is 1.90 bits per heavy atom. The molecule has 3 aromatic rings. The molecule has 3 heterocycles. The van der Waals surface area contributed by atoms with Gasteiger partial charge in [-0.2, -0.15) is 18.2 Å². The number of aromatic nitrogens is 3. The number of hydrogen-bond donors (Lipinski definition) is 4. The van der Waals surface area contributed by atoms with Crippen LogP contribution in [0.5, 0.6) is 11.5 Å². The van der Waals surface area contributed by atoms with E-state index in [0.29, 0.717) is 46.7 Å². The van der Waals surface area contributed by atoms with Crippen molar-refractivity contribution in [1.29, 1.82) is 0 Å². The van der Waals surface area contributed by atoms with E-state index in [1.807, 2.05) is 0 Å². The molecule has 0 radical (unpaired) electrons. The maximum absolute atomic E-state index is 12.9. The zero-order valence-electron chi connectivity index (χ0n) is 21.0. The number of fused-ring (bicyclic) bond motifs is 2. The molecule has 39 heavy (non-hydrogen) atoms. The number of anilines is 2. The van der Waals surface area contributed by atoms with Crippen molar-refractivity contribution in [2.75, 3.05) is 18.4 Å². The van der Waals surface area contributed by atoms with E-state index >= 15 is 0 Å². The van der Waals surface area contributed by atoms with Gasteiger partial charge in [-0.25, -0.2) is 4.79 Å². The summed E-state index contributed by atoms with van der Waals surface area (Å²) < 4.78 is 46.2. The van der Waals surface area contributed by atoms with Crippen LogP contribution < -0.4 is 32.5 Å². The molecule has 2 aromatic heterocycles. The molecule has 6 N–H and O–H groups in total. The quantitative estimate of drug-likeness (QED) is 0.156. The summed E-state index contributed by atoms with van der Waals surface area (Å²) in [5, 5.41) is 6.65. The van der Waals surface area contributed by atoms with Crippen molar-refractivity contribution in [3.8, 4) is 22.6 Å². The van der Waals surface area contributed by atoms with Gasteiger partial charge < -0.3 is 26.8 Å². The maximum atomic E-state index is 12.9. The maximum Gasteiger partial charge on any atom is 0.433 e. The second kappa shape index (κ2) is 10.9. The Morgan fingerprint density at radius 1 is 1.13 bits per heavy atom. The number of nitrogens with two attached hydrogens (primary N) is 2. The van der Waals surface area contributed by atoms with E-state index < -0.39 is 11.9 Å². The largest absolute Gasteiger partial charge is 0.450 e. The summed E-state index contributed by atoms with van der Waals surface area (Å²) in [7, 11) is 0. The smallest absolute Gasteiger partial charge is 0.433 e. The van der Waals surface area contributed by atoms with Crippen molar-refractivity contribution in [1.82, 2.24) is 19.9 Å². The summed E-state index contributed by atoms with van der Waals surface area (Å²) in [5.74, 6) is 1.35. The average molecular weight is 543 g/mol. The molecular weight excluding hydrogens is 513 g/mol. The molecule has 2 aliphatic rings. The van der Waals surface area contributed by atoms with Gasteiger partial charge in [-0.1, -0.05) is 12.1 Å². The molecule has 13 heteroatoms. The van der Waals surface area contributed by atoms with Crippen LogP contribution in [0.3, 0.4) is 0 Å². The SMILES string of the molecule is NC(N)=NCCCNC1CCC(n2cc3c(nc2=O)Nc2cc(-c4ccc(C(F)(F)F)nc4)ccc2O3)CC1. The van der Waals surface area contributed by atoms with Crippen LogP contribution in [0.25, 0.3) is 11.1 Å². The van der Waals surface area contributed by atoms with Gasteiger partial charge in [0.2, 0.25) is 0 Å². The molecule has 10 nitrogen and oxygen atoms in total. The third-order valence-corrected chi connectivity index (χ3v) is 6.91. The molecule has 0 atom stereocenters. The lowest BCUT2D eigenvalue weighted by atomic mass is 9.91. The Morgan fingerprint density at radius 3 is 2.59 bits per heavy atom. The number of alkyl halides is 3. The van der Waals surface area contributed by atoms with Crippen LogP contribution in [0.2, 0.25) is 0 Å². The van der Waals surface area contributed by atoms with E-state index in [1.165, 1.54) is 12.3 Å². The van der Waals surface area contributed by atoms with Gasteiger partial charge in [0, 0.05) is 30.4 Å². The van der Waals surface area contributed by atoms with E-state index in [-0.39, 0.29) is 17.7 Å². The number of hydrogen-bond acceptors (Lipinski definition) is 7. The lowest BCUT2D eigenvalue weighted by molar-refractivity contribution is -0.141. The first-order valence-corrected chi connectivity index (χ1v) is 12.7. The van der Waals surface area contributed by atoms with E-state index in [4.69, 9.17) is 16.2 Å². The van der Waals surface area contributed by atoms with Crippen LogP contribution >= 0.6 is 0 Å². The minimum absolute atomic E-state index is 0.0227. The van der Waals surface area contributed by atoms with Crippen molar-refractivity contribution in [3.63, 3.8) is 0 Å². The van der Waals surface area contributed by atoms with Crippen molar-refractivity contribution < 1.29 is 17.9 Å². The highest BCUT2D eigenvalue weighted by molar-refractivity contribution is 5.78. The lowest BCUT2D eigenvalue weighted by Crippen LogP contribution is -2.37. The van der Waals surface area contributed by atoms with Crippen LogP contribution in [0, 0.1) is 0 Å². The van der Waals surface area contributed by atoms with Gasteiger partial charge >= 0.3 is 11.9 Å². The van der Waals surface area contributed by atoms with Gasteiger partial charge in [0.1, 0.15) is 5.69 Å². The zero-order chi connectivity index (χ0) is 27.6. The van der Waals surface area contributed by atoms with Crippen molar-refractivity contribution in [3.05, 3.63) is 58.9 Å².